The zero-order chi connectivity index (χ0) is 12.1. The third-order valence-electron chi connectivity index (χ3n) is 2.49. The molecule has 0 amide bonds. The fourth-order valence-electron chi connectivity index (χ4n) is 1.66. The van der Waals surface area contributed by atoms with Crippen LogP contribution in [-0.4, -0.2) is 16.6 Å². The summed E-state index contributed by atoms with van der Waals surface area (Å²) in [6, 6.07) is 7.31. The summed E-state index contributed by atoms with van der Waals surface area (Å²) in [5.74, 6) is 0.308. The van der Waals surface area contributed by atoms with E-state index in [2.05, 4.69) is 4.98 Å². The predicted octanol–water partition coefficient (Wildman–Crippen LogP) is 2.33. The van der Waals surface area contributed by atoms with Gasteiger partial charge in [0, 0.05) is 17.5 Å². The Morgan fingerprint density at radius 3 is 3.00 bits per heavy atom. The minimum Gasteiger partial charge on any atom is -0.508 e. The van der Waals surface area contributed by atoms with Gasteiger partial charge in [0.2, 0.25) is 0 Å². The molecule has 1 heterocycles. The Balaban J connectivity index is 2.01. The first kappa shape index (κ1) is 12.1. The average molecular weight is 248 g/mol. The lowest BCUT2D eigenvalue weighted by Gasteiger charge is -1.98. The lowest BCUT2D eigenvalue weighted by Crippen LogP contribution is -1.99. The third kappa shape index (κ3) is 3.54. The van der Waals surface area contributed by atoms with Gasteiger partial charge in [-0.3, -0.25) is 0 Å². The van der Waals surface area contributed by atoms with Gasteiger partial charge < -0.3 is 10.8 Å². The van der Waals surface area contributed by atoms with E-state index in [4.69, 9.17) is 5.73 Å². The molecule has 3 N–H and O–H groups in total. The van der Waals surface area contributed by atoms with E-state index in [9.17, 15) is 5.11 Å². The Labute approximate surface area is 105 Å². The SMILES string of the molecule is NCCCc1cnc(Cc2cccc(O)c2)s1. The second-order valence-corrected chi connectivity index (χ2v) is 5.16. The molecule has 4 heteroatoms. The van der Waals surface area contributed by atoms with Crippen molar-refractivity contribution in [3.63, 3.8) is 0 Å². The van der Waals surface area contributed by atoms with Crippen molar-refractivity contribution in [3.05, 3.63) is 45.9 Å². The number of aromatic hydroxyl groups is 1. The monoisotopic (exact) mass is 248 g/mol. The second-order valence-electron chi connectivity index (χ2n) is 3.96. The summed E-state index contributed by atoms with van der Waals surface area (Å²) < 4.78 is 0. The van der Waals surface area contributed by atoms with E-state index >= 15 is 0 Å². The van der Waals surface area contributed by atoms with Gasteiger partial charge in [-0.15, -0.1) is 11.3 Å². The maximum atomic E-state index is 9.38. The molecule has 0 atom stereocenters. The molecule has 3 nitrogen and oxygen atoms in total. The van der Waals surface area contributed by atoms with Gasteiger partial charge >= 0.3 is 0 Å². The summed E-state index contributed by atoms with van der Waals surface area (Å²) in [5.41, 5.74) is 6.57. The van der Waals surface area contributed by atoms with Crippen LogP contribution in [0.3, 0.4) is 0 Å². The maximum Gasteiger partial charge on any atom is 0.115 e. The Morgan fingerprint density at radius 1 is 1.35 bits per heavy atom. The minimum atomic E-state index is 0.308. The van der Waals surface area contributed by atoms with Crippen LogP contribution < -0.4 is 5.73 Å². The minimum absolute atomic E-state index is 0.308. The molecule has 0 bridgehead atoms. The molecule has 0 fully saturated rings. The van der Waals surface area contributed by atoms with Gasteiger partial charge in [-0.2, -0.15) is 0 Å². The molecule has 2 aromatic rings. The van der Waals surface area contributed by atoms with Gasteiger partial charge in [0.15, 0.2) is 0 Å². The van der Waals surface area contributed by atoms with Crippen molar-refractivity contribution in [1.29, 1.82) is 0 Å². The molecule has 0 unspecified atom stereocenters. The van der Waals surface area contributed by atoms with Gasteiger partial charge in [-0.05, 0) is 37.1 Å². The van der Waals surface area contributed by atoms with Crippen molar-refractivity contribution in [3.8, 4) is 5.75 Å². The first-order chi connectivity index (χ1) is 8.28. The highest BCUT2D eigenvalue weighted by molar-refractivity contribution is 7.11. The third-order valence-corrected chi connectivity index (χ3v) is 3.55. The van der Waals surface area contributed by atoms with E-state index in [1.807, 2.05) is 18.3 Å². The van der Waals surface area contributed by atoms with Gasteiger partial charge in [-0.25, -0.2) is 4.98 Å². The van der Waals surface area contributed by atoms with E-state index in [1.54, 1.807) is 23.5 Å². The van der Waals surface area contributed by atoms with Crippen LogP contribution in [0.1, 0.15) is 21.9 Å². The van der Waals surface area contributed by atoms with Crippen molar-refractivity contribution in [1.82, 2.24) is 4.98 Å². The topological polar surface area (TPSA) is 59.1 Å². The summed E-state index contributed by atoms with van der Waals surface area (Å²) in [6.07, 6.45) is 4.72. The van der Waals surface area contributed by atoms with Crippen LogP contribution in [0.25, 0.3) is 0 Å². The van der Waals surface area contributed by atoms with Gasteiger partial charge in [0.25, 0.3) is 0 Å². The van der Waals surface area contributed by atoms with E-state index < -0.39 is 0 Å². The fraction of sp³-hybridized carbons (Fsp3) is 0.308. The number of aryl methyl sites for hydroxylation is 1. The first-order valence-electron chi connectivity index (χ1n) is 5.69. The van der Waals surface area contributed by atoms with Gasteiger partial charge in [0.05, 0.1) is 5.01 Å². The second kappa shape index (κ2) is 5.80. The Kier molecular flexibility index (Phi) is 4.12. The van der Waals surface area contributed by atoms with Crippen molar-refractivity contribution in [2.24, 2.45) is 5.73 Å². The normalized spacial score (nSPS) is 10.6. The number of nitrogens with zero attached hydrogens (tertiary/aromatic N) is 1. The van der Waals surface area contributed by atoms with Crippen molar-refractivity contribution in [2.75, 3.05) is 6.54 Å². The quantitative estimate of drug-likeness (QED) is 0.853. The van der Waals surface area contributed by atoms with Crippen molar-refractivity contribution in [2.45, 2.75) is 19.3 Å². The van der Waals surface area contributed by atoms with E-state index in [0.29, 0.717) is 5.75 Å². The molecular formula is C13H16N2OS. The van der Waals surface area contributed by atoms with E-state index in [1.165, 1.54) is 4.88 Å². The van der Waals surface area contributed by atoms with Crippen molar-refractivity contribution >= 4 is 11.3 Å². The molecule has 0 aliphatic rings. The number of rotatable bonds is 5. The number of phenols is 1. The number of nitrogens with two attached hydrogens (primary N) is 1. The average Bonchev–Trinajstić information content (AvgIpc) is 2.74. The summed E-state index contributed by atoms with van der Waals surface area (Å²) >= 11 is 1.73. The standard InChI is InChI=1S/C13H16N2OS/c14-6-2-5-12-9-15-13(17-12)8-10-3-1-4-11(16)7-10/h1,3-4,7,9,16H,2,5-6,8,14H2. The summed E-state index contributed by atoms with van der Waals surface area (Å²) in [7, 11) is 0. The number of hydrogen-bond acceptors (Lipinski definition) is 4. The summed E-state index contributed by atoms with van der Waals surface area (Å²) in [6.45, 7) is 0.722. The largest absolute Gasteiger partial charge is 0.508 e. The molecule has 0 aliphatic heterocycles. The molecule has 0 saturated heterocycles. The van der Waals surface area contributed by atoms with Crippen LogP contribution in [0.2, 0.25) is 0 Å². The van der Waals surface area contributed by atoms with Crippen LogP contribution >= 0.6 is 11.3 Å². The molecule has 0 saturated carbocycles. The lowest BCUT2D eigenvalue weighted by atomic mass is 10.1. The lowest BCUT2D eigenvalue weighted by molar-refractivity contribution is 0.474. The van der Waals surface area contributed by atoms with Crippen LogP contribution in [0.5, 0.6) is 5.75 Å². The number of hydrogen-bond donors (Lipinski definition) is 2. The highest BCUT2D eigenvalue weighted by Crippen LogP contribution is 2.20. The number of thiazole rings is 1. The van der Waals surface area contributed by atoms with Crippen LogP contribution in [0, 0.1) is 0 Å². The van der Waals surface area contributed by atoms with Gasteiger partial charge in [-0.1, -0.05) is 12.1 Å². The predicted molar refractivity (Wildman–Crippen MR) is 70.4 cm³/mol. The van der Waals surface area contributed by atoms with Crippen LogP contribution in [-0.2, 0) is 12.8 Å². The Morgan fingerprint density at radius 2 is 2.24 bits per heavy atom. The smallest absolute Gasteiger partial charge is 0.115 e. The fourth-order valence-corrected chi connectivity index (χ4v) is 2.66. The first-order valence-corrected chi connectivity index (χ1v) is 6.51. The summed E-state index contributed by atoms with van der Waals surface area (Å²) in [4.78, 5) is 5.67. The van der Waals surface area contributed by atoms with E-state index in [0.717, 1.165) is 36.4 Å². The molecule has 0 radical (unpaired) electrons. The molecular weight excluding hydrogens is 232 g/mol. The molecule has 0 spiro atoms. The van der Waals surface area contributed by atoms with Gasteiger partial charge in [0.1, 0.15) is 5.75 Å². The zero-order valence-electron chi connectivity index (χ0n) is 9.60. The van der Waals surface area contributed by atoms with Crippen LogP contribution in [0.4, 0.5) is 0 Å². The molecule has 1 aromatic carbocycles. The van der Waals surface area contributed by atoms with Crippen molar-refractivity contribution < 1.29 is 5.11 Å². The van der Waals surface area contributed by atoms with Crippen LogP contribution in [0.15, 0.2) is 30.5 Å². The highest BCUT2D eigenvalue weighted by Gasteiger charge is 2.03. The van der Waals surface area contributed by atoms with E-state index in [-0.39, 0.29) is 0 Å². The zero-order valence-corrected chi connectivity index (χ0v) is 10.4. The number of phenolic OH excluding ortho intramolecular Hbond substituents is 1. The Hall–Kier alpha value is -1.39. The summed E-state index contributed by atoms with van der Waals surface area (Å²) in [5, 5.41) is 10.5. The number of aromatic nitrogens is 1. The molecule has 0 aliphatic carbocycles. The molecule has 90 valence electrons. The maximum absolute atomic E-state index is 9.38. The Bertz CT molecular complexity index is 482. The highest BCUT2D eigenvalue weighted by atomic mass is 32.1. The molecule has 2 rings (SSSR count). The molecule has 1 aromatic heterocycles. The molecule has 17 heavy (non-hydrogen) atoms. The number of benzene rings is 1.